The lowest BCUT2D eigenvalue weighted by Crippen LogP contribution is -2.36. The van der Waals surface area contributed by atoms with Crippen LogP contribution < -0.4 is 21.3 Å². The Kier molecular flexibility index (Phi) is 6.43. The Morgan fingerprint density at radius 2 is 1.85 bits per heavy atom. The van der Waals surface area contributed by atoms with E-state index in [9.17, 15) is 9.90 Å². The zero-order chi connectivity index (χ0) is 23.4. The van der Waals surface area contributed by atoms with E-state index in [0.29, 0.717) is 23.0 Å². The summed E-state index contributed by atoms with van der Waals surface area (Å²) >= 11 is 0. The van der Waals surface area contributed by atoms with Gasteiger partial charge in [0.2, 0.25) is 5.95 Å². The Hall–Kier alpha value is -3.69. The van der Waals surface area contributed by atoms with Crippen LogP contribution in [0.2, 0.25) is 0 Å². The van der Waals surface area contributed by atoms with Crippen LogP contribution >= 0.6 is 0 Å². The van der Waals surface area contributed by atoms with E-state index < -0.39 is 11.5 Å². The molecule has 4 rings (SSSR count). The van der Waals surface area contributed by atoms with Gasteiger partial charge in [0.05, 0.1) is 30.3 Å². The molecule has 0 saturated carbocycles. The molecule has 1 saturated heterocycles. The largest absolute Gasteiger partial charge is 0.397 e. The van der Waals surface area contributed by atoms with E-state index in [1.165, 1.54) is 13.8 Å². The normalized spacial score (nSPS) is 14.1. The first-order chi connectivity index (χ1) is 15.8. The van der Waals surface area contributed by atoms with Crippen LogP contribution in [-0.4, -0.2) is 52.9 Å². The van der Waals surface area contributed by atoms with Crippen molar-refractivity contribution in [1.29, 1.82) is 0 Å². The van der Waals surface area contributed by atoms with E-state index in [1.807, 2.05) is 12.1 Å². The summed E-state index contributed by atoms with van der Waals surface area (Å²) in [6.07, 6.45) is 1.67. The molecule has 9 heteroatoms. The second-order valence-corrected chi connectivity index (χ2v) is 8.35. The number of carbonyl (C=O) groups excluding carboxylic acids is 1. The molecule has 1 aliphatic rings. The summed E-state index contributed by atoms with van der Waals surface area (Å²) in [5, 5.41) is 15.7. The molecular formula is C24H28N6O3. The molecule has 9 nitrogen and oxygen atoms in total. The molecule has 2 aromatic carbocycles. The molecule has 0 bridgehead atoms. The quantitative estimate of drug-likeness (QED) is 0.424. The van der Waals surface area contributed by atoms with Crippen molar-refractivity contribution >= 4 is 34.6 Å². The lowest BCUT2D eigenvalue weighted by Gasteiger charge is -2.28. The summed E-state index contributed by atoms with van der Waals surface area (Å²) in [6.45, 7) is 6.11. The molecular weight excluding hydrogens is 420 g/mol. The van der Waals surface area contributed by atoms with Gasteiger partial charge in [-0.25, -0.2) is 9.97 Å². The number of nitrogens with zero attached hydrogens (tertiary/aromatic N) is 3. The van der Waals surface area contributed by atoms with E-state index in [4.69, 9.17) is 10.5 Å². The number of hydrogen-bond donors (Lipinski definition) is 4. The molecule has 3 aromatic rings. The number of nitrogens with two attached hydrogens (primary N) is 1. The van der Waals surface area contributed by atoms with Crippen molar-refractivity contribution < 1.29 is 14.6 Å². The highest BCUT2D eigenvalue weighted by Crippen LogP contribution is 2.27. The Morgan fingerprint density at radius 1 is 1.12 bits per heavy atom. The lowest BCUT2D eigenvalue weighted by atomic mass is 10.1. The predicted molar refractivity (Wildman–Crippen MR) is 130 cm³/mol. The van der Waals surface area contributed by atoms with Gasteiger partial charge in [-0.2, -0.15) is 0 Å². The van der Waals surface area contributed by atoms with Gasteiger partial charge in [-0.3, -0.25) is 4.79 Å². The number of aliphatic hydroxyl groups is 1. The van der Waals surface area contributed by atoms with Gasteiger partial charge in [0, 0.05) is 36.2 Å². The number of nitrogens with one attached hydrogen (secondary N) is 2. The minimum atomic E-state index is -1.50. The lowest BCUT2D eigenvalue weighted by molar-refractivity contribution is -0.130. The van der Waals surface area contributed by atoms with Crippen LogP contribution in [-0.2, 0) is 9.53 Å². The molecule has 2 heterocycles. The zero-order valence-corrected chi connectivity index (χ0v) is 18.7. The van der Waals surface area contributed by atoms with Crippen LogP contribution in [0.4, 0.5) is 28.7 Å². The standard InChI is InChI=1S/C24H28N6O3/c1-24(2,32)22(31)28-21-8-3-16(15-19(21)25)20-9-10-26-23(29-20)27-17-4-6-18(7-5-17)30-11-13-33-14-12-30/h3-10,15,32H,11-14,25H2,1-2H3,(H,28,31)(H,26,27,29). The van der Waals surface area contributed by atoms with Crippen molar-refractivity contribution in [2.45, 2.75) is 19.4 Å². The maximum Gasteiger partial charge on any atom is 0.255 e. The molecule has 5 N–H and O–H groups in total. The highest BCUT2D eigenvalue weighted by Gasteiger charge is 2.24. The van der Waals surface area contributed by atoms with Gasteiger partial charge in [0.15, 0.2) is 0 Å². The second-order valence-electron chi connectivity index (χ2n) is 8.35. The smallest absolute Gasteiger partial charge is 0.255 e. The van der Waals surface area contributed by atoms with E-state index in [0.717, 1.165) is 43.2 Å². The summed E-state index contributed by atoms with van der Waals surface area (Å²) in [6, 6.07) is 15.1. The SMILES string of the molecule is CC(C)(O)C(=O)Nc1ccc(-c2ccnc(Nc3ccc(N4CCOCC4)cc3)n2)cc1N. The average molecular weight is 449 g/mol. The van der Waals surface area contributed by atoms with E-state index in [2.05, 4.69) is 37.6 Å². The van der Waals surface area contributed by atoms with E-state index in [1.54, 1.807) is 30.5 Å². The number of morpholine rings is 1. The predicted octanol–water partition coefficient (Wildman–Crippen LogP) is 3.02. The summed E-state index contributed by atoms with van der Waals surface area (Å²) in [4.78, 5) is 23.2. The van der Waals surface area contributed by atoms with Crippen molar-refractivity contribution in [2.24, 2.45) is 0 Å². The summed E-state index contributed by atoms with van der Waals surface area (Å²) in [5.41, 5.74) is 8.93. The van der Waals surface area contributed by atoms with Gasteiger partial charge in [-0.1, -0.05) is 6.07 Å². The number of amides is 1. The molecule has 1 fully saturated rings. The Bertz CT molecular complexity index is 1120. The highest BCUT2D eigenvalue weighted by molar-refractivity contribution is 5.99. The number of rotatable bonds is 6. The molecule has 0 spiro atoms. The number of aromatic nitrogens is 2. The van der Waals surface area contributed by atoms with Crippen LogP contribution in [0, 0.1) is 0 Å². The van der Waals surface area contributed by atoms with E-state index >= 15 is 0 Å². The third-order valence-corrected chi connectivity index (χ3v) is 5.31. The molecule has 33 heavy (non-hydrogen) atoms. The van der Waals surface area contributed by atoms with Gasteiger partial charge < -0.3 is 31.1 Å². The summed E-state index contributed by atoms with van der Waals surface area (Å²) in [5.74, 6) is -0.0697. The number of ether oxygens (including phenoxy) is 1. The number of anilines is 5. The van der Waals surface area contributed by atoms with Crippen molar-refractivity contribution in [3.05, 3.63) is 54.7 Å². The first kappa shape index (κ1) is 22.5. The number of hydrogen-bond acceptors (Lipinski definition) is 8. The highest BCUT2D eigenvalue weighted by atomic mass is 16.5. The van der Waals surface area contributed by atoms with Crippen LogP contribution in [0.15, 0.2) is 54.7 Å². The fourth-order valence-corrected chi connectivity index (χ4v) is 3.40. The van der Waals surface area contributed by atoms with Crippen LogP contribution in [0.5, 0.6) is 0 Å². The molecule has 0 aliphatic carbocycles. The third kappa shape index (κ3) is 5.57. The number of nitrogen functional groups attached to an aromatic ring is 1. The van der Waals surface area contributed by atoms with Crippen LogP contribution in [0.1, 0.15) is 13.8 Å². The number of carbonyl (C=O) groups is 1. The third-order valence-electron chi connectivity index (χ3n) is 5.31. The van der Waals surface area contributed by atoms with Gasteiger partial charge in [0.25, 0.3) is 5.91 Å². The fraction of sp³-hybridized carbons (Fsp3) is 0.292. The van der Waals surface area contributed by atoms with Crippen LogP contribution in [0.25, 0.3) is 11.3 Å². The van der Waals surface area contributed by atoms with Gasteiger partial charge in [-0.05, 0) is 56.3 Å². The topological polar surface area (TPSA) is 126 Å². The molecule has 1 aromatic heterocycles. The average Bonchev–Trinajstić information content (AvgIpc) is 2.81. The van der Waals surface area contributed by atoms with Crippen LogP contribution in [0.3, 0.4) is 0 Å². The summed E-state index contributed by atoms with van der Waals surface area (Å²) in [7, 11) is 0. The molecule has 172 valence electrons. The Morgan fingerprint density at radius 3 is 2.52 bits per heavy atom. The second kappa shape index (κ2) is 9.43. The molecule has 1 aliphatic heterocycles. The monoisotopic (exact) mass is 448 g/mol. The number of benzene rings is 2. The first-order valence-electron chi connectivity index (χ1n) is 10.8. The van der Waals surface area contributed by atoms with Gasteiger partial charge in [0.1, 0.15) is 5.60 Å². The minimum Gasteiger partial charge on any atom is -0.397 e. The van der Waals surface area contributed by atoms with Gasteiger partial charge in [-0.15, -0.1) is 0 Å². The van der Waals surface area contributed by atoms with Crippen molar-refractivity contribution in [2.75, 3.05) is 47.6 Å². The molecule has 0 atom stereocenters. The van der Waals surface area contributed by atoms with Gasteiger partial charge >= 0.3 is 0 Å². The van der Waals surface area contributed by atoms with E-state index in [-0.39, 0.29) is 0 Å². The fourth-order valence-electron chi connectivity index (χ4n) is 3.40. The Balaban J connectivity index is 1.46. The zero-order valence-electron chi connectivity index (χ0n) is 18.7. The summed E-state index contributed by atoms with van der Waals surface area (Å²) < 4.78 is 5.41. The molecule has 1 amide bonds. The Labute approximate surface area is 192 Å². The first-order valence-corrected chi connectivity index (χ1v) is 10.8. The maximum atomic E-state index is 12.0. The van der Waals surface area contributed by atoms with Crippen molar-refractivity contribution in [1.82, 2.24) is 9.97 Å². The maximum absolute atomic E-state index is 12.0. The van der Waals surface area contributed by atoms with Crippen molar-refractivity contribution in [3.8, 4) is 11.3 Å². The molecule has 0 radical (unpaired) electrons. The minimum absolute atomic E-state index is 0.372. The van der Waals surface area contributed by atoms with Crippen molar-refractivity contribution in [3.63, 3.8) is 0 Å². The molecule has 0 unspecified atom stereocenters.